The molecule has 0 atom stereocenters. The molecule has 0 aliphatic carbocycles. The monoisotopic (exact) mass is 363 g/mol. The number of hydrogen-bond acceptors (Lipinski definition) is 5. The minimum absolute atomic E-state index is 0.0230. The molecule has 0 saturated carbocycles. The normalized spacial score (nSPS) is 16.1. The van der Waals surface area contributed by atoms with Gasteiger partial charge in [0, 0.05) is 20.2 Å². The molecule has 2 N–H and O–H groups in total. The Kier molecular flexibility index (Phi) is 6.19. The summed E-state index contributed by atoms with van der Waals surface area (Å²) in [6.07, 6.45) is 0. The lowest BCUT2D eigenvalue weighted by molar-refractivity contribution is 0.0730. The van der Waals surface area contributed by atoms with Crippen LogP contribution in [0.3, 0.4) is 0 Å². The molecule has 8 nitrogen and oxygen atoms in total. The summed E-state index contributed by atoms with van der Waals surface area (Å²) >= 11 is 6.01. The van der Waals surface area contributed by atoms with Crippen LogP contribution in [0.15, 0.2) is 23.1 Å². The van der Waals surface area contributed by atoms with Gasteiger partial charge in [0.25, 0.3) is 0 Å². The number of carbonyl (C=O) groups excluding carboxylic acids is 1. The summed E-state index contributed by atoms with van der Waals surface area (Å²) in [6, 6.07) is 3.63. The lowest BCUT2D eigenvalue weighted by Crippen LogP contribution is -2.40. The molecule has 128 valence electrons. The number of carbonyl (C=O) groups is 1. The lowest BCUT2D eigenvalue weighted by Gasteiger charge is -2.26. The van der Waals surface area contributed by atoms with Gasteiger partial charge in [0.1, 0.15) is 6.73 Å². The highest BCUT2D eigenvalue weighted by atomic mass is 35.5. The molecule has 1 aliphatic rings. The molecule has 0 spiro atoms. The Balaban J connectivity index is 2.20. The topological polar surface area (TPSA) is 97.0 Å². The van der Waals surface area contributed by atoms with Crippen molar-refractivity contribution in [3.05, 3.63) is 23.2 Å². The van der Waals surface area contributed by atoms with Gasteiger partial charge in [-0.05, 0) is 18.2 Å². The number of hydrogen-bond donors (Lipinski definition) is 2. The van der Waals surface area contributed by atoms with Crippen LogP contribution in [0.5, 0.6) is 0 Å². The van der Waals surface area contributed by atoms with Crippen LogP contribution in [0.4, 0.5) is 10.5 Å². The van der Waals surface area contributed by atoms with Gasteiger partial charge in [-0.1, -0.05) is 11.6 Å². The van der Waals surface area contributed by atoms with Crippen LogP contribution in [0.1, 0.15) is 0 Å². The van der Waals surface area contributed by atoms with Crippen molar-refractivity contribution in [3.63, 3.8) is 0 Å². The summed E-state index contributed by atoms with van der Waals surface area (Å²) in [4.78, 5) is 11.7. The maximum Gasteiger partial charge on any atom is 0.321 e. The van der Waals surface area contributed by atoms with E-state index in [0.717, 1.165) is 0 Å². The van der Waals surface area contributed by atoms with Gasteiger partial charge >= 0.3 is 6.03 Å². The van der Waals surface area contributed by atoms with Gasteiger partial charge in [-0.25, -0.2) is 13.2 Å². The molecule has 0 radical (unpaired) electrons. The van der Waals surface area contributed by atoms with Gasteiger partial charge in [-0.2, -0.15) is 4.31 Å². The van der Waals surface area contributed by atoms with E-state index in [9.17, 15) is 13.2 Å². The fourth-order valence-corrected chi connectivity index (χ4v) is 3.60. The van der Waals surface area contributed by atoms with Crippen molar-refractivity contribution in [1.29, 1.82) is 0 Å². The first kappa shape index (κ1) is 18.0. The van der Waals surface area contributed by atoms with E-state index in [1.807, 2.05) is 0 Å². The number of nitrogens with one attached hydrogen (secondary N) is 2. The summed E-state index contributed by atoms with van der Waals surface area (Å²) < 4.78 is 36.4. The Morgan fingerprint density at radius 3 is 2.74 bits per heavy atom. The van der Waals surface area contributed by atoms with E-state index >= 15 is 0 Å². The third-order valence-corrected chi connectivity index (χ3v) is 5.40. The third-order valence-electron chi connectivity index (χ3n) is 3.17. The Bertz CT molecular complexity index is 662. The lowest BCUT2D eigenvalue weighted by atomic mass is 10.3. The number of anilines is 1. The third kappa shape index (κ3) is 4.55. The minimum atomic E-state index is -3.66. The van der Waals surface area contributed by atoms with Crippen molar-refractivity contribution in [2.24, 2.45) is 0 Å². The van der Waals surface area contributed by atoms with Gasteiger partial charge in [-0.15, -0.1) is 0 Å². The maximum atomic E-state index is 12.6. The van der Waals surface area contributed by atoms with Crippen LogP contribution >= 0.6 is 11.6 Å². The number of methoxy groups -OCH3 is 1. The Morgan fingerprint density at radius 2 is 2.09 bits per heavy atom. The predicted molar refractivity (Wildman–Crippen MR) is 85.1 cm³/mol. The molecule has 0 unspecified atom stereocenters. The zero-order valence-corrected chi connectivity index (χ0v) is 14.1. The highest BCUT2D eigenvalue weighted by Crippen LogP contribution is 2.27. The molecule has 1 aliphatic heterocycles. The average molecular weight is 364 g/mol. The summed E-state index contributed by atoms with van der Waals surface area (Å²) in [7, 11) is -2.22. The van der Waals surface area contributed by atoms with Crippen LogP contribution in [-0.2, 0) is 19.5 Å². The summed E-state index contributed by atoms with van der Waals surface area (Å²) in [5, 5.41) is 5.15. The zero-order valence-electron chi connectivity index (χ0n) is 12.5. The largest absolute Gasteiger partial charge is 0.379 e. The number of halogens is 1. The number of ether oxygens (including phenoxy) is 2. The quantitative estimate of drug-likeness (QED) is 0.763. The van der Waals surface area contributed by atoms with E-state index in [2.05, 4.69) is 10.6 Å². The molecule has 2 rings (SSSR count). The number of amides is 2. The number of benzene rings is 1. The second-order valence-corrected chi connectivity index (χ2v) is 7.07. The van der Waals surface area contributed by atoms with Crippen LogP contribution in [0.25, 0.3) is 0 Å². The van der Waals surface area contributed by atoms with Crippen LogP contribution in [0.2, 0.25) is 5.02 Å². The van der Waals surface area contributed by atoms with E-state index < -0.39 is 16.1 Å². The molecule has 0 bridgehead atoms. The van der Waals surface area contributed by atoms with Crippen molar-refractivity contribution in [2.75, 3.05) is 45.5 Å². The molecule has 1 aromatic carbocycles. The highest BCUT2D eigenvalue weighted by Gasteiger charge is 2.27. The second kappa shape index (κ2) is 7.93. The fourth-order valence-electron chi connectivity index (χ4n) is 2.00. The number of sulfonamides is 1. The number of nitrogens with zero attached hydrogens (tertiary/aromatic N) is 1. The van der Waals surface area contributed by atoms with Gasteiger partial charge in [0.15, 0.2) is 0 Å². The van der Waals surface area contributed by atoms with Crippen molar-refractivity contribution in [3.8, 4) is 0 Å². The number of urea groups is 1. The van der Waals surface area contributed by atoms with E-state index in [4.69, 9.17) is 21.1 Å². The van der Waals surface area contributed by atoms with E-state index in [-0.39, 0.29) is 22.3 Å². The van der Waals surface area contributed by atoms with Gasteiger partial charge < -0.3 is 20.1 Å². The predicted octanol–water partition coefficient (Wildman–Crippen LogP) is 1.09. The number of morpholine rings is 1. The molecule has 23 heavy (non-hydrogen) atoms. The highest BCUT2D eigenvalue weighted by molar-refractivity contribution is 7.89. The molecular weight excluding hydrogens is 346 g/mol. The Hall–Kier alpha value is -1.39. The summed E-state index contributed by atoms with van der Waals surface area (Å²) in [5.74, 6) is 0. The zero-order chi connectivity index (χ0) is 16.9. The summed E-state index contributed by atoms with van der Waals surface area (Å²) in [6.45, 7) is 1.33. The molecule has 1 fully saturated rings. The van der Waals surface area contributed by atoms with Crippen LogP contribution in [0, 0.1) is 0 Å². The fraction of sp³-hybridized carbons (Fsp3) is 0.462. The minimum Gasteiger partial charge on any atom is -0.379 e. The molecule has 2 amide bonds. The van der Waals surface area contributed by atoms with E-state index in [1.54, 1.807) is 0 Å². The SMILES string of the molecule is COCNC(=O)Nc1cc(S(=O)(=O)N2CCOCC2)ccc1Cl. The maximum absolute atomic E-state index is 12.6. The smallest absolute Gasteiger partial charge is 0.321 e. The molecule has 1 aromatic rings. The first-order valence-electron chi connectivity index (χ1n) is 6.86. The standard InChI is InChI=1S/C13H18ClN3O5S/c1-21-9-15-13(18)16-12-8-10(2-3-11(12)14)23(19,20)17-4-6-22-7-5-17/h2-3,8H,4-7,9H2,1H3,(H2,15,16,18). The van der Waals surface area contributed by atoms with Gasteiger partial charge in [0.2, 0.25) is 10.0 Å². The molecular formula is C13H18ClN3O5S. The first-order valence-corrected chi connectivity index (χ1v) is 8.68. The molecule has 1 heterocycles. The van der Waals surface area contributed by atoms with Crippen molar-refractivity contribution < 1.29 is 22.7 Å². The van der Waals surface area contributed by atoms with Crippen molar-refractivity contribution >= 4 is 33.3 Å². The van der Waals surface area contributed by atoms with Gasteiger partial charge in [0.05, 0.1) is 28.8 Å². The molecule has 0 aromatic heterocycles. The first-order chi connectivity index (χ1) is 10.9. The summed E-state index contributed by atoms with van der Waals surface area (Å²) in [5.41, 5.74) is 0.203. The van der Waals surface area contributed by atoms with Crippen LogP contribution in [-0.4, -0.2) is 58.9 Å². The van der Waals surface area contributed by atoms with Crippen LogP contribution < -0.4 is 10.6 Å². The molecule has 10 heteroatoms. The average Bonchev–Trinajstić information content (AvgIpc) is 2.55. The van der Waals surface area contributed by atoms with E-state index in [1.165, 1.54) is 29.6 Å². The Labute approximate surface area is 139 Å². The Morgan fingerprint density at radius 1 is 1.39 bits per heavy atom. The van der Waals surface area contributed by atoms with Crippen molar-refractivity contribution in [2.45, 2.75) is 4.90 Å². The second-order valence-electron chi connectivity index (χ2n) is 4.72. The van der Waals surface area contributed by atoms with Gasteiger partial charge in [-0.3, -0.25) is 0 Å². The van der Waals surface area contributed by atoms with E-state index in [0.29, 0.717) is 26.3 Å². The number of rotatable bonds is 5. The van der Waals surface area contributed by atoms with Crippen molar-refractivity contribution in [1.82, 2.24) is 9.62 Å². The molecule has 1 saturated heterocycles.